The first-order valence-electron chi connectivity index (χ1n) is 6.56. The number of carbonyl (C=O) groups is 1. The smallest absolute Gasteiger partial charge is 0.310 e. The minimum Gasteiger partial charge on any atom is -0.465 e. The predicted molar refractivity (Wildman–Crippen MR) is 67.0 cm³/mol. The van der Waals surface area contributed by atoms with Crippen molar-refractivity contribution in [3.63, 3.8) is 0 Å². The highest BCUT2D eigenvalue weighted by Crippen LogP contribution is 2.44. The summed E-state index contributed by atoms with van der Waals surface area (Å²) in [6, 6.07) is 5.90. The van der Waals surface area contributed by atoms with Gasteiger partial charge in [0.15, 0.2) is 11.5 Å². The standard InChI is InChI=1S/C15H14O4/c16-15-14-10(7-17-15)2-1-3-11(14)9-4-5-12-13(6-9)19-8-18-12/h1,3-6,10-11,14H,2,7-8H2/t10-,11-,14+/m1/s1. The van der Waals surface area contributed by atoms with Gasteiger partial charge in [0, 0.05) is 11.8 Å². The van der Waals surface area contributed by atoms with Gasteiger partial charge in [-0.3, -0.25) is 4.79 Å². The van der Waals surface area contributed by atoms with Crippen LogP contribution in [0, 0.1) is 11.8 Å². The van der Waals surface area contributed by atoms with Crippen LogP contribution in [0.25, 0.3) is 0 Å². The predicted octanol–water partition coefficient (Wildman–Crippen LogP) is 2.25. The van der Waals surface area contributed by atoms with E-state index in [1.807, 2.05) is 18.2 Å². The molecular weight excluding hydrogens is 244 g/mol. The Labute approximate surface area is 111 Å². The maximum absolute atomic E-state index is 11.9. The first-order chi connectivity index (χ1) is 9.33. The molecule has 4 nitrogen and oxygen atoms in total. The van der Waals surface area contributed by atoms with Gasteiger partial charge < -0.3 is 14.2 Å². The summed E-state index contributed by atoms with van der Waals surface area (Å²) in [4.78, 5) is 11.9. The van der Waals surface area contributed by atoms with E-state index < -0.39 is 0 Å². The average Bonchev–Trinajstić information content (AvgIpc) is 3.05. The number of allylic oxidation sites excluding steroid dienone is 2. The van der Waals surface area contributed by atoms with Crippen LogP contribution in [0.15, 0.2) is 30.4 Å². The zero-order chi connectivity index (χ0) is 12.8. The number of hydrogen-bond donors (Lipinski definition) is 0. The summed E-state index contributed by atoms with van der Waals surface area (Å²) < 4.78 is 15.9. The Hall–Kier alpha value is -1.97. The highest BCUT2D eigenvalue weighted by Gasteiger charge is 2.43. The molecule has 0 spiro atoms. The molecule has 0 N–H and O–H groups in total. The van der Waals surface area contributed by atoms with E-state index in [1.54, 1.807) is 0 Å². The Morgan fingerprint density at radius 3 is 2.95 bits per heavy atom. The van der Waals surface area contributed by atoms with Gasteiger partial charge in [-0.25, -0.2) is 0 Å². The lowest BCUT2D eigenvalue weighted by atomic mass is 9.74. The van der Waals surface area contributed by atoms with E-state index in [9.17, 15) is 4.79 Å². The minimum atomic E-state index is -0.0722. The topological polar surface area (TPSA) is 44.8 Å². The Morgan fingerprint density at radius 2 is 2.00 bits per heavy atom. The van der Waals surface area contributed by atoms with Gasteiger partial charge >= 0.3 is 5.97 Å². The fourth-order valence-corrected chi connectivity index (χ4v) is 3.19. The van der Waals surface area contributed by atoms with Crippen molar-refractivity contribution in [2.75, 3.05) is 13.4 Å². The lowest BCUT2D eigenvalue weighted by molar-refractivity contribution is -0.141. The van der Waals surface area contributed by atoms with Gasteiger partial charge in [0.05, 0.1) is 12.5 Å². The zero-order valence-electron chi connectivity index (χ0n) is 10.4. The SMILES string of the molecule is O=C1OC[C@H]2CC=C[C@H](c3ccc4c(c3)OCO4)[C@@H]12. The Bertz CT molecular complexity index is 563. The third kappa shape index (κ3) is 1.63. The highest BCUT2D eigenvalue weighted by atomic mass is 16.7. The largest absolute Gasteiger partial charge is 0.465 e. The summed E-state index contributed by atoms with van der Waals surface area (Å²) in [5.41, 5.74) is 1.09. The number of benzene rings is 1. The minimum absolute atomic E-state index is 0.0506. The maximum atomic E-state index is 11.9. The maximum Gasteiger partial charge on any atom is 0.310 e. The Balaban J connectivity index is 1.73. The Kier molecular flexibility index (Phi) is 2.31. The molecule has 1 saturated heterocycles. The molecule has 0 radical (unpaired) electrons. The molecule has 4 heteroatoms. The molecule has 0 unspecified atom stereocenters. The van der Waals surface area contributed by atoms with Gasteiger partial charge in [-0.1, -0.05) is 18.2 Å². The number of esters is 1. The number of cyclic esters (lactones) is 1. The lowest BCUT2D eigenvalue weighted by Gasteiger charge is -2.26. The fourth-order valence-electron chi connectivity index (χ4n) is 3.19. The molecule has 2 aliphatic heterocycles. The van der Waals surface area contributed by atoms with Gasteiger partial charge in [0.25, 0.3) is 0 Å². The molecule has 98 valence electrons. The normalized spacial score (nSPS) is 31.2. The van der Waals surface area contributed by atoms with E-state index in [0.717, 1.165) is 23.5 Å². The first-order valence-corrected chi connectivity index (χ1v) is 6.56. The molecule has 3 atom stereocenters. The number of hydrogen-bond acceptors (Lipinski definition) is 4. The number of rotatable bonds is 1. The quantitative estimate of drug-likeness (QED) is 0.572. The number of fused-ring (bicyclic) bond motifs is 2. The molecule has 2 heterocycles. The van der Waals surface area contributed by atoms with Crippen LogP contribution in [0.4, 0.5) is 0 Å². The summed E-state index contributed by atoms with van der Waals surface area (Å²) in [5.74, 6) is 1.81. The molecule has 0 bridgehead atoms. The van der Waals surface area contributed by atoms with E-state index in [4.69, 9.17) is 14.2 Å². The van der Waals surface area contributed by atoms with Gasteiger partial charge in [0.1, 0.15) is 0 Å². The van der Waals surface area contributed by atoms with Crippen LogP contribution in [0.5, 0.6) is 11.5 Å². The van der Waals surface area contributed by atoms with Crippen LogP contribution in [0.1, 0.15) is 17.9 Å². The summed E-state index contributed by atoms with van der Waals surface area (Å²) in [6.45, 7) is 0.822. The number of ether oxygens (including phenoxy) is 3. The van der Waals surface area contributed by atoms with Crippen molar-refractivity contribution in [1.82, 2.24) is 0 Å². The molecule has 4 rings (SSSR count). The van der Waals surface area contributed by atoms with Crippen molar-refractivity contribution < 1.29 is 19.0 Å². The van der Waals surface area contributed by atoms with Crippen molar-refractivity contribution in [2.24, 2.45) is 11.8 Å². The summed E-state index contributed by atoms with van der Waals surface area (Å²) in [5, 5.41) is 0. The van der Waals surface area contributed by atoms with Crippen LogP contribution >= 0.6 is 0 Å². The molecule has 3 aliphatic rings. The van der Waals surface area contributed by atoms with Crippen LogP contribution in [0.3, 0.4) is 0 Å². The van der Waals surface area contributed by atoms with Crippen molar-refractivity contribution in [1.29, 1.82) is 0 Å². The second-order valence-corrected chi connectivity index (χ2v) is 5.22. The van der Waals surface area contributed by atoms with Crippen LogP contribution in [-0.4, -0.2) is 19.4 Å². The molecular formula is C15H14O4. The van der Waals surface area contributed by atoms with Crippen molar-refractivity contribution in [3.05, 3.63) is 35.9 Å². The molecule has 1 aliphatic carbocycles. The van der Waals surface area contributed by atoms with Gasteiger partial charge in [-0.15, -0.1) is 0 Å². The molecule has 0 amide bonds. The zero-order valence-corrected chi connectivity index (χ0v) is 10.4. The summed E-state index contributed by atoms with van der Waals surface area (Å²) in [6.07, 6.45) is 5.20. The fraction of sp³-hybridized carbons (Fsp3) is 0.400. The van der Waals surface area contributed by atoms with Crippen LogP contribution < -0.4 is 9.47 Å². The van der Waals surface area contributed by atoms with Crippen molar-refractivity contribution >= 4 is 5.97 Å². The molecule has 1 aromatic rings. The first kappa shape index (κ1) is 10.9. The third-order valence-corrected chi connectivity index (χ3v) is 4.17. The summed E-state index contributed by atoms with van der Waals surface area (Å²) >= 11 is 0. The Morgan fingerprint density at radius 1 is 1.11 bits per heavy atom. The van der Waals surface area contributed by atoms with E-state index in [1.165, 1.54) is 0 Å². The molecule has 1 fully saturated rings. The van der Waals surface area contributed by atoms with E-state index in [2.05, 4.69) is 12.2 Å². The molecule has 0 aromatic heterocycles. The van der Waals surface area contributed by atoms with Gasteiger partial charge in [-0.05, 0) is 24.1 Å². The van der Waals surface area contributed by atoms with E-state index in [0.29, 0.717) is 12.5 Å². The van der Waals surface area contributed by atoms with Crippen molar-refractivity contribution in [2.45, 2.75) is 12.3 Å². The summed E-state index contributed by atoms with van der Waals surface area (Å²) in [7, 11) is 0. The number of carbonyl (C=O) groups excluding carboxylic acids is 1. The average molecular weight is 258 g/mol. The highest BCUT2D eigenvalue weighted by molar-refractivity contribution is 5.77. The van der Waals surface area contributed by atoms with E-state index in [-0.39, 0.29) is 24.6 Å². The van der Waals surface area contributed by atoms with Gasteiger partial charge in [-0.2, -0.15) is 0 Å². The second-order valence-electron chi connectivity index (χ2n) is 5.22. The molecule has 19 heavy (non-hydrogen) atoms. The third-order valence-electron chi connectivity index (χ3n) is 4.17. The molecule has 0 saturated carbocycles. The van der Waals surface area contributed by atoms with Crippen LogP contribution in [0.2, 0.25) is 0 Å². The van der Waals surface area contributed by atoms with Crippen LogP contribution in [-0.2, 0) is 9.53 Å². The van der Waals surface area contributed by atoms with E-state index >= 15 is 0 Å². The lowest BCUT2D eigenvalue weighted by Crippen LogP contribution is -2.25. The monoisotopic (exact) mass is 258 g/mol. The van der Waals surface area contributed by atoms with Gasteiger partial charge in [0.2, 0.25) is 6.79 Å². The second kappa shape index (κ2) is 4.02. The van der Waals surface area contributed by atoms with Crippen molar-refractivity contribution in [3.8, 4) is 11.5 Å². The molecule has 1 aromatic carbocycles.